The summed E-state index contributed by atoms with van der Waals surface area (Å²) in [6, 6.07) is 6.17. The summed E-state index contributed by atoms with van der Waals surface area (Å²) in [5, 5.41) is 0. The SMILES string of the molecule is CC(C)(C)OC(=O)CCc1ccccc1OP(=O)([O-])[O-]. The normalized spacial score (nSPS) is 12.1. The zero-order valence-corrected chi connectivity index (χ0v) is 12.5. The highest BCUT2D eigenvalue weighted by Crippen LogP contribution is 2.32. The number of para-hydroxylation sites is 1. The molecule has 0 fully saturated rings. The van der Waals surface area contributed by atoms with Crippen LogP contribution in [0.15, 0.2) is 24.3 Å². The molecule has 0 bridgehead atoms. The van der Waals surface area contributed by atoms with Gasteiger partial charge in [0.25, 0.3) is 0 Å². The number of phosphoric acid groups is 1. The molecular weight excluding hydrogens is 283 g/mol. The maximum atomic E-state index is 11.6. The fourth-order valence-corrected chi connectivity index (χ4v) is 1.97. The van der Waals surface area contributed by atoms with Crippen LogP contribution in [-0.4, -0.2) is 11.6 Å². The fourth-order valence-electron chi connectivity index (χ4n) is 1.55. The summed E-state index contributed by atoms with van der Waals surface area (Å²) in [6.45, 7) is 5.27. The van der Waals surface area contributed by atoms with Gasteiger partial charge in [-0.1, -0.05) is 18.2 Å². The maximum absolute atomic E-state index is 11.6. The minimum atomic E-state index is -5.11. The summed E-state index contributed by atoms with van der Waals surface area (Å²) in [6.07, 6.45) is 0.296. The van der Waals surface area contributed by atoms with Gasteiger partial charge in [-0.15, -0.1) is 0 Å². The number of benzene rings is 1. The van der Waals surface area contributed by atoms with E-state index in [9.17, 15) is 19.1 Å². The van der Waals surface area contributed by atoms with Crippen molar-refractivity contribution in [2.75, 3.05) is 0 Å². The molecule has 20 heavy (non-hydrogen) atoms. The first-order valence-electron chi connectivity index (χ1n) is 6.08. The lowest BCUT2D eigenvalue weighted by Gasteiger charge is -2.30. The molecule has 0 aliphatic carbocycles. The summed E-state index contributed by atoms with van der Waals surface area (Å²) in [5.74, 6) is -0.455. The minimum Gasteiger partial charge on any atom is -0.780 e. The van der Waals surface area contributed by atoms with Crippen molar-refractivity contribution in [3.05, 3.63) is 29.8 Å². The van der Waals surface area contributed by atoms with Gasteiger partial charge in [-0.05, 0) is 38.8 Å². The molecule has 0 heterocycles. The van der Waals surface area contributed by atoms with Gasteiger partial charge in [-0.3, -0.25) is 4.79 Å². The van der Waals surface area contributed by atoms with Crippen molar-refractivity contribution in [3.8, 4) is 5.75 Å². The van der Waals surface area contributed by atoms with Gasteiger partial charge < -0.3 is 23.6 Å². The molecule has 0 atom stereocenters. The van der Waals surface area contributed by atoms with Gasteiger partial charge in [0.1, 0.15) is 19.2 Å². The molecule has 1 aromatic rings. The molecule has 0 saturated heterocycles. The molecule has 0 unspecified atom stereocenters. The smallest absolute Gasteiger partial charge is 0.306 e. The van der Waals surface area contributed by atoms with Gasteiger partial charge in [-0.25, -0.2) is 0 Å². The molecule has 0 N–H and O–H groups in total. The van der Waals surface area contributed by atoms with Crippen LogP contribution >= 0.6 is 7.82 Å². The first kappa shape index (κ1) is 16.7. The zero-order chi connectivity index (χ0) is 15.4. The third kappa shape index (κ3) is 6.70. The van der Waals surface area contributed by atoms with Gasteiger partial charge in [0.2, 0.25) is 0 Å². The molecule has 0 aromatic heterocycles. The van der Waals surface area contributed by atoms with Crippen molar-refractivity contribution < 1.29 is 28.4 Å². The largest absolute Gasteiger partial charge is 0.780 e. The maximum Gasteiger partial charge on any atom is 0.306 e. The molecule has 0 amide bonds. The molecule has 1 rings (SSSR count). The number of esters is 1. The summed E-state index contributed by atoms with van der Waals surface area (Å²) in [5.41, 5.74) is -0.113. The van der Waals surface area contributed by atoms with Crippen molar-refractivity contribution >= 4 is 13.8 Å². The van der Waals surface area contributed by atoms with Gasteiger partial charge in [0.15, 0.2) is 0 Å². The number of ether oxygens (including phenoxy) is 1. The topological polar surface area (TPSA) is 98.7 Å². The molecular formula is C13H17O6P-2. The molecule has 0 aliphatic heterocycles. The average molecular weight is 300 g/mol. The van der Waals surface area contributed by atoms with Crippen molar-refractivity contribution in [1.29, 1.82) is 0 Å². The lowest BCUT2D eigenvalue weighted by molar-refractivity contribution is -0.333. The van der Waals surface area contributed by atoms with E-state index in [4.69, 9.17) is 4.74 Å². The van der Waals surface area contributed by atoms with Crippen molar-refractivity contribution in [1.82, 2.24) is 0 Å². The molecule has 0 saturated carbocycles. The van der Waals surface area contributed by atoms with Crippen LogP contribution < -0.4 is 14.3 Å². The Morgan fingerprint density at radius 1 is 1.25 bits per heavy atom. The second-order valence-corrected chi connectivity index (χ2v) is 6.31. The lowest BCUT2D eigenvalue weighted by Crippen LogP contribution is -2.24. The molecule has 6 nitrogen and oxygen atoms in total. The quantitative estimate of drug-likeness (QED) is 0.598. The van der Waals surface area contributed by atoms with Crippen LogP contribution in [0.2, 0.25) is 0 Å². The number of phosphoric ester groups is 1. The van der Waals surface area contributed by atoms with Crippen LogP contribution in [0.3, 0.4) is 0 Å². The summed E-state index contributed by atoms with van der Waals surface area (Å²) in [7, 11) is -5.11. The first-order valence-corrected chi connectivity index (χ1v) is 7.54. The number of rotatable bonds is 5. The summed E-state index contributed by atoms with van der Waals surface area (Å²) < 4.78 is 20.1. The van der Waals surface area contributed by atoms with E-state index in [-0.39, 0.29) is 18.6 Å². The highest BCUT2D eigenvalue weighted by Gasteiger charge is 2.16. The van der Waals surface area contributed by atoms with Crippen LogP contribution in [0.25, 0.3) is 0 Å². The van der Waals surface area contributed by atoms with Crippen molar-refractivity contribution in [2.24, 2.45) is 0 Å². The number of hydrogen-bond acceptors (Lipinski definition) is 6. The third-order valence-corrected chi connectivity index (χ3v) is 2.62. The third-order valence-electron chi connectivity index (χ3n) is 2.20. The molecule has 0 spiro atoms. The fraction of sp³-hybridized carbons (Fsp3) is 0.462. The second kappa shape index (κ2) is 6.39. The average Bonchev–Trinajstić information content (AvgIpc) is 2.23. The van der Waals surface area contributed by atoms with E-state index < -0.39 is 19.4 Å². The number of aryl methyl sites for hydroxylation is 1. The van der Waals surface area contributed by atoms with E-state index in [1.54, 1.807) is 39.0 Å². The van der Waals surface area contributed by atoms with Crippen LogP contribution in [0.1, 0.15) is 32.8 Å². The molecule has 112 valence electrons. The van der Waals surface area contributed by atoms with Gasteiger partial charge in [0, 0.05) is 6.42 Å². The Hall–Kier alpha value is -1.36. The van der Waals surface area contributed by atoms with E-state index in [1.165, 1.54) is 6.07 Å². The van der Waals surface area contributed by atoms with Crippen LogP contribution in [0.4, 0.5) is 0 Å². The first-order chi connectivity index (χ1) is 9.07. The number of hydrogen-bond donors (Lipinski definition) is 0. The van der Waals surface area contributed by atoms with E-state index >= 15 is 0 Å². The van der Waals surface area contributed by atoms with Gasteiger partial charge in [-0.2, -0.15) is 0 Å². The second-order valence-electron chi connectivity index (χ2n) is 5.23. The standard InChI is InChI=1S/C13H19O6P/c1-13(2,3)18-12(14)9-8-10-6-4-5-7-11(10)19-20(15,16)17/h4-7H,8-9H2,1-3H3,(H2,15,16,17)/p-2. The predicted octanol–water partition coefficient (Wildman–Crippen LogP) is 1.17. The minimum absolute atomic E-state index is 0.0515. The number of carbonyl (C=O) groups is 1. The molecule has 7 heteroatoms. The highest BCUT2D eigenvalue weighted by molar-refractivity contribution is 7.43. The van der Waals surface area contributed by atoms with E-state index in [0.717, 1.165) is 0 Å². The Morgan fingerprint density at radius 3 is 2.40 bits per heavy atom. The van der Waals surface area contributed by atoms with Crippen LogP contribution in [0.5, 0.6) is 5.75 Å². The Labute approximate surface area is 118 Å². The van der Waals surface area contributed by atoms with Crippen LogP contribution in [-0.2, 0) is 20.5 Å². The molecule has 0 radical (unpaired) electrons. The number of carbonyl (C=O) groups excluding carboxylic acids is 1. The van der Waals surface area contributed by atoms with Crippen molar-refractivity contribution in [2.45, 2.75) is 39.2 Å². The Bertz CT molecular complexity index is 514. The summed E-state index contributed by atoms with van der Waals surface area (Å²) >= 11 is 0. The van der Waals surface area contributed by atoms with Gasteiger partial charge >= 0.3 is 5.97 Å². The zero-order valence-electron chi connectivity index (χ0n) is 11.6. The van der Waals surface area contributed by atoms with E-state index in [2.05, 4.69) is 4.52 Å². The highest BCUT2D eigenvalue weighted by atomic mass is 31.2. The van der Waals surface area contributed by atoms with Crippen LogP contribution in [0, 0.1) is 0 Å². The Balaban J connectivity index is 2.69. The monoisotopic (exact) mass is 300 g/mol. The van der Waals surface area contributed by atoms with E-state index in [0.29, 0.717) is 5.56 Å². The predicted molar refractivity (Wildman–Crippen MR) is 68.8 cm³/mol. The lowest BCUT2D eigenvalue weighted by atomic mass is 10.1. The Morgan fingerprint density at radius 2 is 1.85 bits per heavy atom. The van der Waals surface area contributed by atoms with Crippen molar-refractivity contribution in [3.63, 3.8) is 0 Å². The molecule has 0 aliphatic rings. The van der Waals surface area contributed by atoms with E-state index in [1.807, 2.05) is 0 Å². The Kier molecular flexibility index (Phi) is 5.34. The summed E-state index contributed by atoms with van der Waals surface area (Å²) in [4.78, 5) is 32.9. The molecule has 1 aromatic carbocycles. The van der Waals surface area contributed by atoms with Gasteiger partial charge in [0.05, 0.1) is 0 Å².